The molecule has 0 spiro atoms. The summed E-state index contributed by atoms with van der Waals surface area (Å²) < 4.78 is 5.21. The van der Waals surface area contributed by atoms with Gasteiger partial charge < -0.3 is 4.74 Å². The number of hydrogen-bond acceptors (Lipinski definition) is 6. The van der Waals surface area contributed by atoms with E-state index in [1.54, 1.807) is 12.1 Å². The fourth-order valence-corrected chi connectivity index (χ4v) is 3.15. The number of methoxy groups -OCH3 is 1. The van der Waals surface area contributed by atoms with Crippen LogP contribution in [0, 0.1) is 0 Å². The molecule has 0 saturated heterocycles. The molecule has 0 aromatic heterocycles. The molecule has 6 heteroatoms. The van der Waals surface area contributed by atoms with Crippen molar-refractivity contribution in [2.75, 3.05) is 12.1 Å². The highest BCUT2D eigenvalue weighted by molar-refractivity contribution is 6.00. The second kappa shape index (κ2) is 5.31. The molecule has 0 amide bonds. The van der Waals surface area contributed by atoms with Gasteiger partial charge >= 0.3 is 0 Å². The van der Waals surface area contributed by atoms with E-state index in [2.05, 4.69) is 34.7 Å². The van der Waals surface area contributed by atoms with E-state index in [1.165, 1.54) is 10.8 Å². The maximum Gasteiger partial charge on any atom is 0.251 e. The molecule has 2 heterocycles. The van der Waals surface area contributed by atoms with E-state index in [0.29, 0.717) is 12.5 Å². The SMILES string of the molecule is COc1ccc(N2N=NN3Cc4cc5ccccc5cc4N=C32)cc1. The number of fused-ring (bicyclic) bond motifs is 3. The van der Waals surface area contributed by atoms with Crippen LogP contribution in [0.3, 0.4) is 0 Å². The third-order valence-electron chi connectivity index (χ3n) is 4.46. The van der Waals surface area contributed by atoms with Gasteiger partial charge in [0.25, 0.3) is 5.96 Å². The average molecular weight is 329 g/mol. The minimum Gasteiger partial charge on any atom is -0.497 e. The molecule has 5 rings (SSSR count). The number of anilines is 1. The Labute approximate surface area is 144 Å². The highest BCUT2D eigenvalue weighted by atomic mass is 16.5. The predicted molar refractivity (Wildman–Crippen MR) is 96.9 cm³/mol. The summed E-state index contributed by atoms with van der Waals surface area (Å²) in [7, 11) is 1.65. The molecule has 0 unspecified atom stereocenters. The van der Waals surface area contributed by atoms with Crippen LogP contribution in [0.1, 0.15) is 5.56 Å². The third-order valence-corrected chi connectivity index (χ3v) is 4.46. The number of hydrogen-bond donors (Lipinski definition) is 0. The van der Waals surface area contributed by atoms with Crippen molar-refractivity contribution in [3.63, 3.8) is 0 Å². The Morgan fingerprint density at radius 2 is 1.68 bits per heavy atom. The highest BCUT2D eigenvalue weighted by Crippen LogP contribution is 2.35. The molecule has 2 aliphatic rings. The molecule has 0 atom stereocenters. The van der Waals surface area contributed by atoms with Gasteiger partial charge in [0.05, 0.1) is 25.0 Å². The van der Waals surface area contributed by atoms with Crippen molar-refractivity contribution in [1.82, 2.24) is 5.01 Å². The molecular weight excluding hydrogens is 314 g/mol. The normalized spacial score (nSPS) is 15.2. The molecular formula is C19H15N5O. The summed E-state index contributed by atoms with van der Waals surface area (Å²) in [4.78, 5) is 4.81. The van der Waals surface area contributed by atoms with E-state index in [9.17, 15) is 0 Å². The van der Waals surface area contributed by atoms with Crippen molar-refractivity contribution in [2.45, 2.75) is 6.54 Å². The molecule has 0 N–H and O–H groups in total. The minimum absolute atomic E-state index is 0.662. The Kier molecular flexibility index (Phi) is 2.97. The fraction of sp³-hybridized carbons (Fsp3) is 0.105. The number of rotatable bonds is 2. The van der Waals surface area contributed by atoms with Crippen molar-refractivity contribution >= 4 is 28.1 Å². The summed E-state index contributed by atoms with van der Waals surface area (Å²) in [6.07, 6.45) is 0. The first kappa shape index (κ1) is 14.0. The monoisotopic (exact) mass is 329 g/mol. The zero-order chi connectivity index (χ0) is 16.8. The number of nitrogens with zero attached hydrogens (tertiary/aromatic N) is 5. The lowest BCUT2D eigenvalue weighted by Crippen LogP contribution is -2.34. The summed E-state index contributed by atoms with van der Waals surface area (Å²) >= 11 is 0. The van der Waals surface area contributed by atoms with Crippen molar-refractivity contribution in [2.24, 2.45) is 15.4 Å². The first-order valence-corrected chi connectivity index (χ1v) is 8.05. The van der Waals surface area contributed by atoms with E-state index in [0.717, 1.165) is 22.7 Å². The van der Waals surface area contributed by atoms with Crippen LogP contribution in [-0.2, 0) is 6.54 Å². The van der Waals surface area contributed by atoms with E-state index < -0.39 is 0 Å². The molecule has 0 radical (unpaired) electrons. The standard InChI is InChI=1S/C19H15N5O/c1-25-17-8-6-16(7-9-17)24-19-20-18-11-14-5-3-2-4-13(14)10-15(18)12-23(19)21-22-24/h2-11H,12H2,1H3. The summed E-state index contributed by atoms with van der Waals surface area (Å²) in [5.74, 6) is 1.52. The Hall–Kier alpha value is -3.41. The zero-order valence-electron chi connectivity index (χ0n) is 13.6. The molecule has 2 aliphatic heterocycles. The van der Waals surface area contributed by atoms with Gasteiger partial charge in [0.15, 0.2) is 0 Å². The van der Waals surface area contributed by atoms with Gasteiger partial charge in [-0.25, -0.2) is 10.0 Å². The Bertz CT molecular complexity index is 1030. The van der Waals surface area contributed by atoms with Crippen molar-refractivity contribution in [3.05, 3.63) is 66.2 Å². The maximum atomic E-state index is 5.21. The van der Waals surface area contributed by atoms with Gasteiger partial charge in [-0.1, -0.05) is 24.3 Å². The quantitative estimate of drug-likeness (QED) is 0.698. The van der Waals surface area contributed by atoms with Crippen LogP contribution in [-0.4, -0.2) is 18.1 Å². The molecule has 0 saturated carbocycles. The zero-order valence-corrected chi connectivity index (χ0v) is 13.6. The van der Waals surface area contributed by atoms with Crippen LogP contribution in [0.2, 0.25) is 0 Å². The summed E-state index contributed by atoms with van der Waals surface area (Å²) in [6.45, 7) is 0.662. The molecule has 122 valence electrons. The topological polar surface area (TPSA) is 52.8 Å². The highest BCUT2D eigenvalue weighted by Gasteiger charge is 2.31. The number of benzene rings is 3. The second-order valence-corrected chi connectivity index (χ2v) is 5.99. The maximum absolute atomic E-state index is 5.21. The van der Waals surface area contributed by atoms with Gasteiger partial charge in [0, 0.05) is 5.56 Å². The molecule has 3 aromatic rings. The van der Waals surface area contributed by atoms with Crippen molar-refractivity contribution < 1.29 is 4.74 Å². The van der Waals surface area contributed by atoms with Gasteiger partial charge in [-0.2, -0.15) is 5.01 Å². The predicted octanol–water partition coefficient (Wildman–Crippen LogP) is 4.45. The molecule has 25 heavy (non-hydrogen) atoms. The summed E-state index contributed by atoms with van der Waals surface area (Å²) in [5.41, 5.74) is 3.02. The Balaban J connectivity index is 1.57. The first-order chi connectivity index (χ1) is 12.3. The van der Waals surface area contributed by atoms with Crippen LogP contribution in [0.5, 0.6) is 5.75 Å². The third kappa shape index (κ3) is 2.22. The molecule has 0 aliphatic carbocycles. The lowest BCUT2D eigenvalue weighted by atomic mass is 10.0. The van der Waals surface area contributed by atoms with Crippen LogP contribution >= 0.6 is 0 Å². The molecule has 3 aromatic carbocycles. The number of ether oxygens (including phenoxy) is 1. The van der Waals surface area contributed by atoms with Gasteiger partial charge in [-0.05, 0) is 57.6 Å². The Morgan fingerprint density at radius 3 is 2.44 bits per heavy atom. The van der Waals surface area contributed by atoms with Crippen LogP contribution < -0.4 is 9.75 Å². The molecule has 0 fully saturated rings. The smallest absolute Gasteiger partial charge is 0.251 e. The first-order valence-electron chi connectivity index (χ1n) is 8.05. The molecule has 6 nitrogen and oxygen atoms in total. The van der Waals surface area contributed by atoms with Crippen molar-refractivity contribution in [3.8, 4) is 5.75 Å². The van der Waals surface area contributed by atoms with E-state index in [1.807, 2.05) is 41.4 Å². The average Bonchev–Trinajstić information content (AvgIpc) is 3.07. The van der Waals surface area contributed by atoms with Gasteiger partial charge in [0.1, 0.15) is 5.75 Å². The second-order valence-electron chi connectivity index (χ2n) is 5.99. The van der Waals surface area contributed by atoms with Crippen LogP contribution in [0.25, 0.3) is 10.8 Å². The lowest BCUT2D eigenvalue weighted by molar-refractivity contribution is 0.415. The van der Waals surface area contributed by atoms with E-state index in [4.69, 9.17) is 9.73 Å². The summed E-state index contributed by atoms with van der Waals surface area (Å²) in [6, 6.07) is 20.3. The number of aliphatic imine (C=N–C) groups is 1. The fourth-order valence-electron chi connectivity index (χ4n) is 3.15. The van der Waals surface area contributed by atoms with E-state index >= 15 is 0 Å². The van der Waals surface area contributed by atoms with Gasteiger partial charge in [-0.15, -0.1) is 0 Å². The van der Waals surface area contributed by atoms with Crippen molar-refractivity contribution in [1.29, 1.82) is 0 Å². The van der Waals surface area contributed by atoms with Gasteiger partial charge in [0.2, 0.25) is 0 Å². The van der Waals surface area contributed by atoms with Crippen LogP contribution in [0.4, 0.5) is 11.4 Å². The minimum atomic E-state index is 0.662. The molecule has 0 bridgehead atoms. The largest absolute Gasteiger partial charge is 0.497 e. The number of guanidine groups is 1. The summed E-state index contributed by atoms with van der Waals surface area (Å²) in [5, 5.41) is 14.5. The van der Waals surface area contributed by atoms with Crippen LogP contribution in [0.15, 0.2) is 76.1 Å². The van der Waals surface area contributed by atoms with E-state index in [-0.39, 0.29) is 0 Å². The lowest BCUT2D eigenvalue weighted by Gasteiger charge is -2.24. The van der Waals surface area contributed by atoms with Gasteiger partial charge in [-0.3, -0.25) is 0 Å². The Morgan fingerprint density at radius 1 is 0.920 bits per heavy atom.